The van der Waals surface area contributed by atoms with Gasteiger partial charge in [-0.3, -0.25) is 4.79 Å². The van der Waals surface area contributed by atoms with E-state index in [-0.39, 0.29) is 18.9 Å². The third-order valence-corrected chi connectivity index (χ3v) is 15.4. The van der Waals surface area contributed by atoms with Crippen molar-refractivity contribution in [3.05, 3.63) is 48.6 Å². The first-order valence-corrected chi connectivity index (χ1v) is 30.9. The largest absolute Gasteiger partial charge is 0.394 e. The highest BCUT2D eigenvalue weighted by molar-refractivity contribution is 5.76. The molecule has 3 saturated heterocycles. The Balaban J connectivity index is 1.29. The molecule has 3 rings (SSSR count). The predicted molar refractivity (Wildman–Crippen MR) is 305 cm³/mol. The molecule has 1 amide bonds. The molecule has 0 saturated carbocycles. The second kappa shape index (κ2) is 44.3. The van der Waals surface area contributed by atoms with Crippen LogP contribution < -0.4 is 5.32 Å². The average molecular weight is 1140 g/mol. The zero-order valence-corrected chi connectivity index (χ0v) is 48.5. The number of aliphatic hydroxyl groups excluding tert-OH is 11. The van der Waals surface area contributed by atoms with Gasteiger partial charge in [0.1, 0.15) is 73.2 Å². The highest BCUT2D eigenvalue weighted by Crippen LogP contribution is 2.33. The van der Waals surface area contributed by atoms with Crippen LogP contribution in [0.5, 0.6) is 0 Å². The average Bonchev–Trinajstić information content (AvgIpc) is 3.58. The Hall–Kier alpha value is -2.25. The second-order valence-electron chi connectivity index (χ2n) is 22.1. The monoisotopic (exact) mass is 1140 g/mol. The van der Waals surface area contributed by atoms with E-state index in [4.69, 9.17) is 28.4 Å². The molecule has 466 valence electrons. The van der Waals surface area contributed by atoms with Gasteiger partial charge in [0.25, 0.3) is 0 Å². The van der Waals surface area contributed by atoms with E-state index in [1.807, 2.05) is 0 Å². The second-order valence-corrected chi connectivity index (χ2v) is 22.1. The molecule has 19 heteroatoms. The summed E-state index contributed by atoms with van der Waals surface area (Å²) in [4.78, 5) is 13.2. The van der Waals surface area contributed by atoms with Gasteiger partial charge in [-0.25, -0.2) is 0 Å². The van der Waals surface area contributed by atoms with Gasteiger partial charge >= 0.3 is 0 Å². The topological polar surface area (TPSA) is 307 Å². The van der Waals surface area contributed by atoms with Crippen molar-refractivity contribution in [3.63, 3.8) is 0 Å². The fourth-order valence-electron chi connectivity index (χ4n) is 10.4. The van der Waals surface area contributed by atoms with Crippen LogP contribution in [0.15, 0.2) is 48.6 Å². The van der Waals surface area contributed by atoms with E-state index >= 15 is 0 Å². The van der Waals surface area contributed by atoms with Crippen LogP contribution in [0.2, 0.25) is 0 Å². The normalized spacial score (nSPS) is 30.3. The molecule has 0 bridgehead atoms. The first-order chi connectivity index (χ1) is 38.8. The number of hydrogen-bond acceptors (Lipinski definition) is 18. The molecule has 0 radical (unpaired) electrons. The molecule has 19 nitrogen and oxygen atoms in total. The van der Waals surface area contributed by atoms with E-state index in [0.717, 1.165) is 64.2 Å². The maximum Gasteiger partial charge on any atom is 0.220 e. The number of allylic oxidation sites excluding steroid dienone is 8. The van der Waals surface area contributed by atoms with Crippen molar-refractivity contribution < 1.29 is 89.4 Å². The fraction of sp³-hybridized carbons (Fsp3) is 0.852. The smallest absolute Gasteiger partial charge is 0.220 e. The number of unbranched alkanes of at least 4 members (excludes halogenated alkanes) is 21. The van der Waals surface area contributed by atoms with Gasteiger partial charge in [-0.05, 0) is 51.4 Å². The Labute approximate surface area is 478 Å². The summed E-state index contributed by atoms with van der Waals surface area (Å²) in [6.45, 7) is 1.53. The fourth-order valence-corrected chi connectivity index (χ4v) is 10.4. The summed E-state index contributed by atoms with van der Waals surface area (Å²) in [5, 5.41) is 119. The minimum Gasteiger partial charge on any atom is -0.394 e. The quantitative estimate of drug-likeness (QED) is 0.0250. The van der Waals surface area contributed by atoms with Gasteiger partial charge in [-0.2, -0.15) is 0 Å². The van der Waals surface area contributed by atoms with E-state index in [2.05, 4.69) is 67.8 Å². The minimum atomic E-state index is -1.97. The number of hydrogen-bond donors (Lipinski definition) is 12. The van der Waals surface area contributed by atoms with Gasteiger partial charge < -0.3 is 89.9 Å². The summed E-state index contributed by atoms with van der Waals surface area (Å²) in [6, 6.07) is -0.882. The third-order valence-electron chi connectivity index (χ3n) is 15.4. The zero-order chi connectivity index (χ0) is 58.3. The zero-order valence-electron chi connectivity index (χ0n) is 48.5. The molecule has 0 aromatic heterocycles. The summed E-state index contributed by atoms with van der Waals surface area (Å²) in [7, 11) is 0. The summed E-state index contributed by atoms with van der Waals surface area (Å²) in [5.74, 6) is -0.252. The van der Waals surface area contributed by atoms with Crippen LogP contribution in [0.25, 0.3) is 0 Å². The summed E-state index contributed by atoms with van der Waals surface area (Å²) < 4.78 is 34.1. The van der Waals surface area contributed by atoms with Crippen molar-refractivity contribution in [3.8, 4) is 0 Å². The van der Waals surface area contributed by atoms with Crippen molar-refractivity contribution in [2.75, 3.05) is 26.4 Å². The van der Waals surface area contributed by atoms with Gasteiger partial charge in [-0.1, -0.05) is 191 Å². The first-order valence-electron chi connectivity index (χ1n) is 30.9. The lowest BCUT2D eigenvalue weighted by Gasteiger charge is -2.48. The molecule has 3 aliphatic rings. The molecule has 3 fully saturated rings. The summed E-state index contributed by atoms with van der Waals surface area (Å²) >= 11 is 0. The number of rotatable bonds is 45. The van der Waals surface area contributed by atoms with Crippen molar-refractivity contribution in [2.45, 2.75) is 304 Å². The van der Waals surface area contributed by atoms with Crippen molar-refractivity contribution in [1.29, 1.82) is 0 Å². The van der Waals surface area contributed by atoms with Crippen LogP contribution in [-0.4, -0.2) is 193 Å². The van der Waals surface area contributed by atoms with Crippen LogP contribution in [0.3, 0.4) is 0 Å². The van der Waals surface area contributed by atoms with Gasteiger partial charge in [-0.15, -0.1) is 0 Å². The van der Waals surface area contributed by atoms with Crippen molar-refractivity contribution in [1.82, 2.24) is 5.32 Å². The maximum absolute atomic E-state index is 13.2. The van der Waals surface area contributed by atoms with Crippen LogP contribution in [0.1, 0.15) is 200 Å². The van der Waals surface area contributed by atoms with E-state index in [1.54, 1.807) is 0 Å². The Morgan fingerprint density at radius 3 is 1.34 bits per heavy atom. The number of carbonyl (C=O) groups is 1. The van der Waals surface area contributed by atoms with Gasteiger partial charge in [0.15, 0.2) is 18.9 Å². The molecule has 0 spiro atoms. The van der Waals surface area contributed by atoms with E-state index in [1.165, 1.54) is 96.3 Å². The van der Waals surface area contributed by atoms with Crippen LogP contribution in [0, 0.1) is 0 Å². The number of carbonyl (C=O) groups excluding carboxylic acids is 1. The minimum absolute atomic E-state index is 0.252. The lowest BCUT2D eigenvalue weighted by Crippen LogP contribution is -2.66. The molecule has 12 N–H and O–H groups in total. The van der Waals surface area contributed by atoms with Crippen LogP contribution in [-0.2, 0) is 33.2 Å². The Morgan fingerprint density at radius 1 is 0.463 bits per heavy atom. The van der Waals surface area contributed by atoms with Gasteiger partial charge in [0.05, 0.1) is 38.6 Å². The highest BCUT2D eigenvalue weighted by Gasteiger charge is 2.53. The Kier molecular flexibility index (Phi) is 39.8. The number of amides is 1. The van der Waals surface area contributed by atoms with Crippen LogP contribution >= 0.6 is 0 Å². The highest BCUT2D eigenvalue weighted by atomic mass is 16.8. The number of aliphatic hydroxyl groups is 11. The Bertz CT molecular complexity index is 1650. The number of nitrogens with one attached hydrogen (secondary N) is 1. The lowest BCUT2D eigenvalue weighted by molar-refractivity contribution is -0.379. The number of ether oxygens (including phenoxy) is 6. The van der Waals surface area contributed by atoms with E-state index in [9.17, 15) is 61.0 Å². The van der Waals surface area contributed by atoms with Crippen molar-refractivity contribution >= 4 is 5.91 Å². The molecular formula is C61H109NO18. The van der Waals surface area contributed by atoms with Crippen LogP contribution in [0.4, 0.5) is 0 Å². The Morgan fingerprint density at radius 2 is 0.863 bits per heavy atom. The van der Waals surface area contributed by atoms with E-state index in [0.29, 0.717) is 19.3 Å². The first kappa shape index (κ1) is 72.0. The molecule has 3 heterocycles. The molecule has 0 aliphatic carbocycles. The van der Waals surface area contributed by atoms with Crippen molar-refractivity contribution in [2.24, 2.45) is 0 Å². The maximum atomic E-state index is 13.2. The third kappa shape index (κ3) is 27.6. The SMILES string of the molecule is CC/C=C\C/C=C\C/C=C\C/C=C\CCCCCCCCCCCCCCCCCCCCC(=O)NC(COC1OC(CO)C(OC2OC(CO)C(OC3OC(CO)C(O)C(O)C3O)C(O)C2O)C(O)C1O)C(O)CCCCCC. The van der Waals surface area contributed by atoms with Gasteiger partial charge in [0.2, 0.25) is 5.91 Å². The van der Waals surface area contributed by atoms with E-state index < -0.39 is 124 Å². The summed E-state index contributed by atoms with van der Waals surface area (Å²) in [6.07, 6.45) is 23.2. The van der Waals surface area contributed by atoms with Gasteiger partial charge in [0, 0.05) is 6.42 Å². The lowest BCUT2D eigenvalue weighted by atomic mass is 9.96. The standard InChI is InChI=1S/C61H109NO18/c1-3-5-7-9-10-11-12-13-14-15-16-17-18-19-20-21-22-23-24-25-26-27-28-29-30-31-32-33-34-35-37-39-49(67)62-44(45(66)38-36-8-6-4-2)43-75-59-55(73)52(70)57(47(41-64)77-59)80-61-56(74)53(71)58(48(42-65)78-61)79-60-54(72)51(69)50(68)46(40-63)76-60/h5,7,10-11,13-14,16-17,44-48,50-61,63-66,68-74H,3-4,6,8-9,12,15,18-43H2,1-2H3,(H,62,67)/b7-5-,11-10-,14-13-,17-16-. The molecule has 17 unspecified atom stereocenters. The molecule has 3 aliphatic heterocycles. The molecular weight excluding hydrogens is 1030 g/mol. The predicted octanol–water partition coefficient (Wildman–Crippen LogP) is 5.87. The summed E-state index contributed by atoms with van der Waals surface area (Å²) in [5.41, 5.74) is 0. The molecule has 0 aromatic rings. The molecule has 80 heavy (non-hydrogen) atoms. The molecule has 17 atom stereocenters. The molecule has 0 aromatic carbocycles.